The lowest BCUT2D eigenvalue weighted by molar-refractivity contribution is 0.0343. The topological polar surface area (TPSA) is 85.1 Å². The zero-order valence-corrected chi connectivity index (χ0v) is 9.24. The van der Waals surface area contributed by atoms with E-state index in [0.29, 0.717) is 18.2 Å². The van der Waals surface area contributed by atoms with Crippen molar-refractivity contribution in [2.75, 3.05) is 24.4 Å². The van der Waals surface area contributed by atoms with E-state index in [1.54, 1.807) is 19.5 Å². The van der Waals surface area contributed by atoms with Gasteiger partial charge in [0.1, 0.15) is 5.82 Å². The molecule has 0 aliphatic heterocycles. The lowest BCUT2D eigenvalue weighted by Gasteiger charge is -2.23. The number of hydrogen-bond donors (Lipinski definition) is 3. The third-order valence-electron chi connectivity index (χ3n) is 2.03. The van der Waals surface area contributed by atoms with Crippen molar-refractivity contribution in [3.8, 4) is 0 Å². The summed E-state index contributed by atoms with van der Waals surface area (Å²) in [7, 11) is 1.67. The Morgan fingerprint density at radius 2 is 2.07 bits per heavy atom. The number of nitrogens with zero attached hydrogens (tertiary/aromatic N) is 2. The van der Waals surface area contributed by atoms with Gasteiger partial charge in [-0.1, -0.05) is 0 Å². The van der Waals surface area contributed by atoms with E-state index in [9.17, 15) is 0 Å². The molecule has 6 heteroatoms. The summed E-state index contributed by atoms with van der Waals surface area (Å²) in [6.45, 7) is 4.61. The van der Waals surface area contributed by atoms with Gasteiger partial charge in [-0.3, -0.25) is 4.98 Å². The molecular weight excluding hydrogens is 194 g/mol. The molecule has 0 saturated carbocycles. The lowest BCUT2D eigenvalue weighted by atomic mass is 10.1. The minimum atomic E-state index is -0.242. The number of methoxy groups -OCH3 is 1. The zero-order chi connectivity index (χ0) is 11.3. The van der Waals surface area contributed by atoms with E-state index in [-0.39, 0.29) is 5.60 Å². The van der Waals surface area contributed by atoms with Crippen molar-refractivity contribution in [1.29, 1.82) is 0 Å². The number of aromatic nitrogens is 2. The van der Waals surface area contributed by atoms with Gasteiger partial charge in [-0.05, 0) is 13.8 Å². The van der Waals surface area contributed by atoms with Crippen molar-refractivity contribution >= 4 is 11.6 Å². The average Bonchev–Trinajstić information content (AvgIpc) is 2.27. The van der Waals surface area contributed by atoms with E-state index in [1.165, 1.54) is 0 Å². The first-order valence-corrected chi connectivity index (χ1v) is 4.65. The molecule has 1 aromatic heterocycles. The van der Waals surface area contributed by atoms with Crippen LogP contribution in [-0.4, -0.2) is 29.2 Å². The van der Waals surface area contributed by atoms with Gasteiger partial charge in [0.25, 0.3) is 0 Å². The Balaban J connectivity index is 2.57. The molecule has 0 bridgehead atoms. The first-order valence-electron chi connectivity index (χ1n) is 4.65. The second kappa shape index (κ2) is 4.90. The second-order valence-corrected chi connectivity index (χ2v) is 3.75. The SMILES string of the molecule is COC(C)(C)CNc1cncc(NN)n1. The Bertz CT molecular complexity index is 315. The number of hydrazine groups is 1. The first kappa shape index (κ1) is 11.7. The summed E-state index contributed by atoms with van der Waals surface area (Å²) in [6, 6.07) is 0. The van der Waals surface area contributed by atoms with Crippen molar-refractivity contribution < 1.29 is 4.74 Å². The van der Waals surface area contributed by atoms with Crippen molar-refractivity contribution in [2.24, 2.45) is 5.84 Å². The molecule has 0 saturated heterocycles. The monoisotopic (exact) mass is 211 g/mol. The van der Waals surface area contributed by atoms with Crippen LogP contribution in [0.3, 0.4) is 0 Å². The summed E-state index contributed by atoms with van der Waals surface area (Å²) in [5.74, 6) is 6.41. The molecule has 4 N–H and O–H groups in total. The molecule has 0 aliphatic carbocycles. The van der Waals surface area contributed by atoms with Gasteiger partial charge >= 0.3 is 0 Å². The van der Waals surface area contributed by atoms with Gasteiger partial charge in [0.05, 0.1) is 18.0 Å². The summed E-state index contributed by atoms with van der Waals surface area (Å²) in [4.78, 5) is 8.14. The quantitative estimate of drug-likeness (QED) is 0.488. The highest BCUT2D eigenvalue weighted by atomic mass is 16.5. The summed E-state index contributed by atoms with van der Waals surface area (Å²) in [5.41, 5.74) is 2.19. The average molecular weight is 211 g/mol. The third kappa shape index (κ3) is 3.69. The Hall–Kier alpha value is -1.40. The molecular formula is C9H17N5O. The van der Waals surface area contributed by atoms with E-state index in [0.717, 1.165) is 0 Å². The van der Waals surface area contributed by atoms with E-state index in [2.05, 4.69) is 20.7 Å². The molecule has 0 aromatic carbocycles. The number of rotatable bonds is 5. The highest BCUT2D eigenvalue weighted by Crippen LogP contribution is 2.10. The fraction of sp³-hybridized carbons (Fsp3) is 0.556. The van der Waals surface area contributed by atoms with Crippen LogP contribution < -0.4 is 16.6 Å². The van der Waals surface area contributed by atoms with Gasteiger partial charge in [0.15, 0.2) is 5.82 Å². The van der Waals surface area contributed by atoms with Crippen LogP contribution in [0.2, 0.25) is 0 Å². The first-order chi connectivity index (χ1) is 7.07. The Labute approximate surface area is 89.2 Å². The molecule has 15 heavy (non-hydrogen) atoms. The fourth-order valence-corrected chi connectivity index (χ4v) is 0.896. The zero-order valence-electron chi connectivity index (χ0n) is 9.24. The molecule has 0 amide bonds. The summed E-state index contributed by atoms with van der Waals surface area (Å²) in [5, 5.41) is 3.12. The van der Waals surface area contributed by atoms with Gasteiger partial charge in [-0.2, -0.15) is 0 Å². The normalized spacial score (nSPS) is 11.2. The number of nitrogens with one attached hydrogen (secondary N) is 2. The van der Waals surface area contributed by atoms with Crippen LogP contribution in [-0.2, 0) is 4.74 Å². The molecule has 1 heterocycles. The Morgan fingerprint density at radius 1 is 1.40 bits per heavy atom. The van der Waals surface area contributed by atoms with Gasteiger partial charge in [0, 0.05) is 13.7 Å². The van der Waals surface area contributed by atoms with Crippen molar-refractivity contribution in [3.63, 3.8) is 0 Å². The molecule has 0 fully saturated rings. The summed E-state index contributed by atoms with van der Waals surface area (Å²) in [6.07, 6.45) is 3.18. The van der Waals surface area contributed by atoms with Crippen LogP contribution >= 0.6 is 0 Å². The second-order valence-electron chi connectivity index (χ2n) is 3.75. The molecule has 0 unspecified atom stereocenters. The van der Waals surface area contributed by atoms with Crippen LogP contribution in [0.25, 0.3) is 0 Å². The van der Waals surface area contributed by atoms with Crippen LogP contribution in [0.5, 0.6) is 0 Å². The maximum absolute atomic E-state index is 5.26. The molecule has 0 aliphatic rings. The molecule has 0 atom stereocenters. The Kier molecular flexibility index (Phi) is 3.81. The predicted molar refractivity (Wildman–Crippen MR) is 59.4 cm³/mol. The number of anilines is 2. The van der Waals surface area contributed by atoms with Crippen molar-refractivity contribution in [3.05, 3.63) is 12.4 Å². The van der Waals surface area contributed by atoms with Crippen LogP contribution in [0.1, 0.15) is 13.8 Å². The van der Waals surface area contributed by atoms with E-state index in [1.807, 2.05) is 13.8 Å². The van der Waals surface area contributed by atoms with Gasteiger partial charge in [0.2, 0.25) is 0 Å². The van der Waals surface area contributed by atoms with Crippen molar-refractivity contribution in [1.82, 2.24) is 9.97 Å². The van der Waals surface area contributed by atoms with Crippen LogP contribution in [0, 0.1) is 0 Å². The van der Waals surface area contributed by atoms with Crippen molar-refractivity contribution in [2.45, 2.75) is 19.4 Å². The number of ether oxygens (including phenoxy) is 1. The van der Waals surface area contributed by atoms with Gasteiger partial charge in [-0.25, -0.2) is 10.8 Å². The molecule has 6 nitrogen and oxygen atoms in total. The largest absolute Gasteiger partial charge is 0.377 e. The molecule has 0 radical (unpaired) electrons. The number of nitrogens with two attached hydrogens (primary N) is 1. The minimum absolute atomic E-state index is 0.242. The predicted octanol–water partition coefficient (Wildman–Crippen LogP) is 0.599. The lowest BCUT2D eigenvalue weighted by Crippen LogP contribution is -2.32. The van der Waals surface area contributed by atoms with Gasteiger partial charge < -0.3 is 15.5 Å². The van der Waals surface area contributed by atoms with E-state index < -0.39 is 0 Å². The standard InChI is InChI=1S/C9H17N5O/c1-9(2,15-3)6-12-7-4-11-5-8(13-7)14-10/h4-5H,6,10H2,1-3H3,(H2,12,13,14). The van der Waals surface area contributed by atoms with E-state index in [4.69, 9.17) is 10.6 Å². The smallest absolute Gasteiger partial charge is 0.160 e. The summed E-state index contributed by atoms with van der Waals surface area (Å²) >= 11 is 0. The number of nitrogen functional groups attached to an aromatic ring is 1. The minimum Gasteiger partial charge on any atom is -0.377 e. The molecule has 1 aromatic rings. The maximum atomic E-state index is 5.26. The van der Waals surface area contributed by atoms with Crippen LogP contribution in [0.15, 0.2) is 12.4 Å². The fourth-order valence-electron chi connectivity index (χ4n) is 0.896. The van der Waals surface area contributed by atoms with E-state index >= 15 is 0 Å². The number of hydrogen-bond acceptors (Lipinski definition) is 6. The highest BCUT2D eigenvalue weighted by Gasteiger charge is 2.15. The van der Waals surface area contributed by atoms with Gasteiger partial charge in [-0.15, -0.1) is 0 Å². The maximum Gasteiger partial charge on any atom is 0.160 e. The molecule has 1 rings (SSSR count). The van der Waals surface area contributed by atoms with Crippen LogP contribution in [0.4, 0.5) is 11.6 Å². The third-order valence-corrected chi connectivity index (χ3v) is 2.03. The molecule has 84 valence electrons. The highest BCUT2D eigenvalue weighted by molar-refractivity contribution is 5.40. The molecule has 0 spiro atoms. The summed E-state index contributed by atoms with van der Waals surface area (Å²) < 4.78 is 5.26. The Morgan fingerprint density at radius 3 is 2.67 bits per heavy atom.